The van der Waals surface area contributed by atoms with Crippen LogP contribution in [0.2, 0.25) is 0 Å². The van der Waals surface area contributed by atoms with Gasteiger partial charge in [-0.15, -0.1) is 11.6 Å². The van der Waals surface area contributed by atoms with Crippen LogP contribution < -0.4 is 4.90 Å². The van der Waals surface area contributed by atoms with E-state index < -0.39 is 10.0 Å². The summed E-state index contributed by atoms with van der Waals surface area (Å²) < 4.78 is 25.2. The molecule has 1 rings (SSSR count). The zero-order chi connectivity index (χ0) is 15.2. The normalized spacial score (nSPS) is 11.8. The molecule has 0 atom stereocenters. The summed E-state index contributed by atoms with van der Waals surface area (Å²) in [7, 11) is -0.296. The molecule has 0 radical (unpaired) electrons. The monoisotopic (exact) mass is 318 g/mol. The van der Waals surface area contributed by atoms with E-state index in [4.69, 9.17) is 11.6 Å². The SMILES string of the molecule is CCCCN(CCCl)c1ccc(S(=O)(=O)N(C)C)cc1. The summed E-state index contributed by atoms with van der Waals surface area (Å²) in [6, 6.07) is 6.99. The lowest BCUT2D eigenvalue weighted by molar-refractivity contribution is 0.521. The number of benzene rings is 1. The maximum absolute atomic E-state index is 12.0. The van der Waals surface area contributed by atoms with Gasteiger partial charge in [0.1, 0.15) is 0 Å². The van der Waals surface area contributed by atoms with Crippen LogP contribution in [0, 0.1) is 0 Å². The first-order valence-corrected chi connectivity index (χ1v) is 8.74. The number of alkyl halides is 1. The van der Waals surface area contributed by atoms with Crippen LogP contribution in [-0.4, -0.2) is 45.8 Å². The van der Waals surface area contributed by atoms with E-state index in [2.05, 4.69) is 11.8 Å². The third kappa shape index (κ3) is 4.36. The lowest BCUT2D eigenvalue weighted by atomic mass is 10.2. The predicted octanol–water partition coefficient (Wildman–Crippen LogP) is 2.78. The summed E-state index contributed by atoms with van der Waals surface area (Å²) in [4.78, 5) is 2.50. The maximum Gasteiger partial charge on any atom is 0.242 e. The van der Waals surface area contributed by atoms with Crippen molar-refractivity contribution < 1.29 is 8.42 Å². The van der Waals surface area contributed by atoms with Crippen molar-refractivity contribution in [1.82, 2.24) is 4.31 Å². The third-order valence-corrected chi connectivity index (χ3v) is 5.11. The first-order valence-electron chi connectivity index (χ1n) is 6.77. The lowest BCUT2D eigenvalue weighted by Gasteiger charge is -2.24. The summed E-state index contributed by atoms with van der Waals surface area (Å²) in [5.74, 6) is 0.557. The van der Waals surface area contributed by atoms with Crippen molar-refractivity contribution in [2.75, 3.05) is 38.0 Å². The Balaban J connectivity index is 2.93. The summed E-state index contributed by atoms with van der Waals surface area (Å²) in [6.07, 6.45) is 2.21. The van der Waals surface area contributed by atoms with Gasteiger partial charge in [0.05, 0.1) is 4.90 Å². The second-order valence-corrected chi connectivity index (χ2v) is 7.34. The van der Waals surface area contributed by atoms with Gasteiger partial charge in [-0.2, -0.15) is 0 Å². The Morgan fingerprint density at radius 2 is 1.70 bits per heavy atom. The summed E-state index contributed by atoms with van der Waals surface area (Å²) in [6.45, 7) is 3.84. The molecule has 0 amide bonds. The van der Waals surface area contributed by atoms with E-state index in [0.29, 0.717) is 10.8 Å². The summed E-state index contributed by atoms with van der Waals surface area (Å²) in [5.41, 5.74) is 1.01. The number of rotatable bonds is 8. The number of anilines is 1. The minimum atomic E-state index is -3.36. The molecule has 0 fully saturated rings. The molecule has 0 saturated heterocycles. The van der Waals surface area contributed by atoms with E-state index in [1.54, 1.807) is 12.1 Å². The van der Waals surface area contributed by atoms with Crippen LogP contribution in [0.3, 0.4) is 0 Å². The fraction of sp³-hybridized carbons (Fsp3) is 0.571. The summed E-state index contributed by atoms with van der Waals surface area (Å²) in [5, 5.41) is 0. The van der Waals surface area contributed by atoms with Crippen molar-refractivity contribution in [3.8, 4) is 0 Å². The molecule has 0 aromatic heterocycles. The highest BCUT2D eigenvalue weighted by Crippen LogP contribution is 2.20. The van der Waals surface area contributed by atoms with Gasteiger partial charge in [-0.25, -0.2) is 12.7 Å². The molecule has 0 heterocycles. The first kappa shape index (κ1) is 17.3. The maximum atomic E-state index is 12.0. The van der Waals surface area contributed by atoms with Gasteiger partial charge in [0, 0.05) is 38.8 Å². The van der Waals surface area contributed by atoms with E-state index in [-0.39, 0.29) is 0 Å². The van der Waals surface area contributed by atoms with Gasteiger partial charge in [0.25, 0.3) is 0 Å². The number of sulfonamides is 1. The largest absolute Gasteiger partial charge is 0.370 e. The van der Waals surface area contributed by atoms with Crippen molar-refractivity contribution in [1.29, 1.82) is 0 Å². The van der Waals surface area contributed by atoms with Crippen molar-refractivity contribution in [3.63, 3.8) is 0 Å². The van der Waals surface area contributed by atoms with Crippen molar-refractivity contribution in [2.24, 2.45) is 0 Å². The molecular formula is C14H23ClN2O2S. The van der Waals surface area contributed by atoms with Crippen LogP contribution in [0.4, 0.5) is 5.69 Å². The molecule has 0 unspecified atom stereocenters. The standard InChI is InChI=1S/C14H23ClN2O2S/c1-4-5-11-17(12-10-15)13-6-8-14(9-7-13)20(18,19)16(2)3/h6-9H,4-5,10-12H2,1-3H3. The molecule has 0 aliphatic carbocycles. The molecule has 1 aromatic carbocycles. The Hall–Kier alpha value is -0.780. The second kappa shape index (κ2) is 7.86. The van der Waals surface area contributed by atoms with Gasteiger partial charge < -0.3 is 4.90 Å². The zero-order valence-corrected chi connectivity index (χ0v) is 13.9. The Morgan fingerprint density at radius 3 is 2.15 bits per heavy atom. The molecule has 0 spiro atoms. The highest BCUT2D eigenvalue weighted by atomic mass is 35.5. The van der Waals surface area contributed by atoms with Gasteiger partial charge in [0.2, 0.25) is 10.0 Å². The van der Waals surface area contributed by atoms with Gasteiger partial charge in [-0.3, -0.25) is 0 Å². The van der Waals surface area contributed by atoms with Crippen molar-refractivity contribution in [2.45, 2.75) is 24.7 Å². The smallest absolute Gasteiger partial charge is 0.242 e. The molecule has 0 saturated carbocycles. The molecule has 4 nitrogen and oxygen atoms in total. The number of nitrogens with zero attached hydrogens (tertiary/aromatic N) is 2. The lowest BCUT2D eigenvalue weighted by Crippen LogP contribution is -2.27. The van der Waals surface area contributed by atoms with Gasteiger partial charge in [-0.05, 0) is 30.7 Å². The zero-order valence-electron chi connectivity index (χ0n) is 12.3. The molecular weight excluding hydrogens is 296 g/mol. The number of hydrogen-bond donors (Lipinski definition) is 0. The minimum Gasteiger partial charge on any atom is -0.370 e. The van der Waals surface area contributed by atoms with Crippen molar-refractivity contribution >= 4 is 27.3 Å². The van der Waals surface area contributed by atoms with Gasteiger partial charge in [-0.1, -0.05) is 13.3 Å². The second-order valence-electron chi connectivity index (χ2n) is 4.81. The van der Waals surface area contributed by atoms with Crippen LogP contribution in [0.1, 0.15) is 19.8 Å². The van der Waals surface area contributed by atoms with E-state index in [9.17, 15) is 8.42 Å². The van der Waals surface area contributed by atoms with Crippen LogP contribution in [0.5, 0.6) is 0 Å². The topological polar surface area (TPSA) is 40.6 Å². The number of hydrogen-bond acceptors (Lipinski definition) is 3. The quantitative estimate of drug-likeness (QED) is 0.692. The molecule has 6 heteroatoms. The minimum absolute atomic E-state index is 0.313. The molecule has 0 aliphatic rings. The van der Waals surface area contributed by atoms with E-state index in [1.165, 1.54) is 18.4 Å². The third-order valence-electron chi connectivity index (χ3n) is 3.12. The molecule has 1 aromatic rings. The molecule has 20 heavy (non-hydrogen) atoms. The molecule has 0 N–H and O–H groups in total. The average Bonchev–Trinajstić information content (AvgIpc) is 2.43. The molecule has 0 bridgehead atoms. The average molecular weight is 319 g/mol. The first-order chi connectivity index (χ1) is 9.43. The van der Waals surface area contributed by atoms with E-state index in [0.717, 1.165) is 31.6 Å². The highest BCUT2D eigenvalue weighted by Gasteiger charge is 2.17. The number of halogens is 1. The fourth-order valence-corrected chi connectivity index (χ4v) is 2.97. The predicted molar refractivity (Wildman–Crippen MR) is 85.2 cm³/mol. The van der Waals surface area contributed by atoms with Crippen LogP contribution >= 0.6 is 11.6 Å². The highest BCUT2D eigenvalue weighted by molar-refractivity contribution is 7.89. The Bertz CT molecular complexity index is 500. The Morgan fingerprint density at radius 1 is 1.10 bits per heavy atom. The van der Waals surface area contributed by atoms with Gasteiger partial charge >= 0.3 is 0 Å². The van der Waals surface area contributed by atoms with E-state index >= 15 is 0 Å². The Labute approximate surface area is 127 Å². The molecule has 0 aliphatic heterocycles. The number of unbranched alkanes of at least 4 members (excludes halogenated alkanes) is 1. The van der Waals surface area contributed by atoms with Crippen LogP contribution in [0.25, 0.3) is 0 Å². The Kier molecular flexibility index (Phi) is 6.79. The van der Waals surface area contributed by atoms with E-state index in [1.807, 2.05) is 12.1 Å². The van der Waals surface area contributed by atoms with Crippen LogP contribution in [-0.2, 0) is 10.0 Å². The molecule has 114 valence electrons. The fourth-order valence-electron chi connectivity index (χ4n) is 1.86. The van der Waals surface area contributed by atoms with Crippen molar-refractivity contribution in [3.05, 3.63) is 24.3 Å². The van der Waals surface area contributed by atoms with Crippen LogP contribution in [0.15, 0.2) is 29.2 Å². The summed E-state index contributed by atoms with van der Waals surface area (Å²) >= 11 is 5.83. The van der Waals surface area contributed by atoms with Gasteiger partial charge in [0.15, 0.2) is 0 Å².